The van der Waals surface area contributed by atoms with Crippen LogP contribution in [0, 0.1) is 23.2 Å². The van der Waals surface area contributed by atoms with Gasteiger partial charge in [0.15, 0.2) is 6.17 Å². The molecule has 0 bridgehead atoms. The minimum Gasteiger partial charge on any atom is -0.455 e. The number of nitrogens with zero attached hydrogens (tertiary/aromatic N) is 1. The number of benzene rings is 4. The van der Waals surface area contributed by atoms with Gasteiger partial charge >= 0.3 is 0 Å². The summed E-state index contributed by atoms with van der Waals surface area (Å²) < 4.78 is 27.3. The second-order valence-corrected chi connectivity index (χ2v) is 16.3. The fourth-order valence-corrected chi connectivity index (χ4v) is 6.93. The van der Waals surface area contributed by atoms with Crippen molar-refractivity contribution in [2.75, 3.05) is 0 Å². The average Bonchev–Trinajstić information content (AvgIpc) is 2.88. The first-order valence-corrected chi connectivity index (χ1v) is 15.5. The molecule has 2 nitrogen and oxygen atoms in total. The van der Waals surface area contributed by atoms with E-state index in [2.05, 4.69) is 112 Å². The lowest BCUT2D eigenvalue weighted by Gasteiger charge is -2.29. The van der Waals surface area contributed by atoms with Gasteiger partial charge in [0.2, 0.25) is 5.69 Å². The molecule has 5 aromatic rings. The van der Waals surface area contributed by atoms with E-state index in [-0.39, 0.29) is 28.5 Å². The predicted molar refractivity (Wildman–Crippen MR) is 180 cm³/mol. The van der Waals surface area contributed by atoms with Crippen LogP contribution >= 0.6 is 0 Å². The lowest BCUT2D eigenvalue weighted by atomic mass is 9.80. The second-order valence-electron chi connectivity index (χ2n) is 16.3. The summed E-state index contributed by atoms with van der Waals surface area (Å²) in [6, 6.07) is 16.0. The molecule has 218 valence electrons. The number of rotatable bonds is 3. The number of pyridine rings is 1. The van der Waals surface area contributed by atoms with Crippen LogP contribution in [0.5, 0.6) is 11.5 Å². The van der Waals surface area contributed by atoms with Gasteiger partial charge in [0.25, 0.3) is 0 Å². The highest BCUT2D eigenvalue weighted by molar-refractivity contribution is 6.16. The number of hydrogen-bond donors (Lipinski definition) is 0. The highest BCUT2D eigenvalue weighted by Gasteiger charge is 2.34. The van der Waals surface area contributed by atoms with Crippen LogP contribution in [0.1, 0.15) is 87.3 Å². The van der Waals surface area contributed by atoms with Crippen LogP contribution in [0.2, 0.25) is 0 Å². The first-order valence-electron chi connectivity index (χ1n) is 16.5. The zero-order valence-corrected chi connectivity index (χ0v) is 27.5. The normalized spacial score (nSPS) is 14.3. The molecule has 0 saturated heterocycles. The van der Waals surface area contributed by atoms with E-state index in [9.17, 15) is 1.37 Å². The van der Waals surface area contributed by atoms with E-state index < -0.39 is 0 Å². The Hall–Kier alpha value is -3.39. The van der Waals surface area contributed by atoms with Crippen LogP contribution in [-0.2, 0) is 26.3 Å². The quantitative estimate of drug-likeness (QED) is 0.155. The Balaban J connectivity index is 1.74. The van der Waals surface area contributed by atoms with Crippen molar-refractivity contribution in [1.29, 1.82) is 0 Å². The van der Waals surface area contributed by atoms with Gasteiger partial charge in [-0.25, -0.2) is 4.57 Å². The largest absolute Gasteiger partial charge is 0.455 e. The molecule has 42 heavy (non-hydrogen) atoms. The SMILES string of the molecule is [2H]c1c([2H])[n+](C)c2c3c(cc4cc(CC(C)(C)C)ccc4c13)Oc1c-2c(C)c2cc(CC(C)(C)C)ccc2c1CC(C)(C)C. The Morgan fingerprint density at radius 3 is 1.93 bits per heavy atom. The topological polar surface area (TPSA) is 13.1 Å². The molecular formula is C40H48NO+. The molecule has 4 aromatic carbocycles. The van der Waals surface area contributed by atoms with Crippen molar-refractivity contribution in [3.8, 4) is 22.8 Å². The summed E-state index contributed by atoms with van der Waals surface area (Å²) in [5.74, 6) is 1.69. The Labute approximate surface area is 255 Å². The van der Waals surface area contributed by atoms with Crippen LogP contribution in [0.25, 0.3) is 43.6 Å². The molecule has 0 fully saturated rings. The van der Waals surface area contributed by atoms with E-state index in [1.54, 1.807) is 0 Å². The first kappa shape index (κ1) is 26.3. The van der Waals surface area contributed by atoms with Crippen LogP contribution in [0.3, 0.4) is 0 Å². The maximum Gasteiger partial charge on any atom is 0.228 e. The molecule has 2 heteroatoms. The van der Waals surface area contributed by atoms with Crippen molar-refractivity contribution in [2.45, 2.75) is 88.5 Å². The molecule has 1 aliphatic heterocycles. The average molecular weight is 561 g/mol. The summed E-state index contributed by atoms with van der Waals surface area (Å²) in [6.45, 7) is 22.7. The van der Waals surface area contributed by atoms with Gasteiger partial charge in [-0.15, -0.1) is 0 Å². The van der Waals surface area contributed by atoms with Gasteiger partial charge in [-0.3, -0.25) is 0 Å². The highest BCUT2D eigenvalue weighted by atomic mass is 16.5. The zero-order chi connectivity index (χ0) is 32.1. The zero-order valence-electron chi connectivity index (χ0n) is 29.5. The first-order chi connectivity index (χ1) is 20.3. The van der Waals surface area contributed by atoms with Crippen LogP contribution in [0.15, 0.2) is 54.7 Å². The van der Waals surface area contributed by atoms with E-state index in [0.29, 0.717) is 0 Å². The van der Waals surface area contributed by atoms with E-state index >= 15 is 0 Å². The summed E-state index contributed by atoms with van der Waals surface area (Å²) in [5, 5.41) is 6.31. The summed E-state index contributed by atoms with van der Waals surface area (Å²) in [7, 11) is 1.94. The molecule has 0 aliphatic carbocycles. The molecule has 0 amide bonds. The lowest BCUT2D eigenvalue weighted by molar-refractivity contribution is -0.659. The summed E-state index contributed by atoms with van der Waals surface area (Å²) in [4.78, 5) is 0. The number of aromatic nitrogens is 1. The third-order valence-electron chi connectivity index (χ3n) is 8.40. The standard InChI is InChI=1S/C40H48NO/c1-24-31-19-26(22-39(5,6)7)13-15-29(31)32(23-40(8,9)10)37-34(24)36-35-30(16-17-41(36)11)28-14-12-25(21-38(2,3)4)18-27(28)20-33(35)42-37/h12-20H,21-23H2,1-11H3/q+1/i16D,17D. The molecule has 0 radical (unpaired) electrons. The van der Waals surface area contributed by atoms with Gasteiger partial charge in [0.05, 0.1) is 12.3 Å². The minimum absolute atomic E-state index is 0.0397. The minimum atomic E-state index is 0.0397. The summed E-state index contributed by atoms with van der Waals surface area (Å²) in [6.07, 6.45) is 3.04. The van der Waals surface area contributed by atoms with E-state index in [1.807, 2.05) is 11.6 Å². The maximum atomic E-state index is 9.18. The Morgan fingerprint density at radius 2 is 1.31 bits per heavy atom. The van der Waals surface area contributed by atoms with Crippen LogP contribution in [0.4, 0.5) is 0 Å². The van der Waals surface area contributed by atoms with Crippen molar-refractivity contribution in [3.63, 3.8) is 0 Å². The third kappa shape index (κ3) is 5.19. The number of fused-ring (bicyclic) bond motifs is 5. The molecule has 0 unspecified atom stereocenters. The Kier molecular flexibility index (Phi) is 5.98. The third-order valence-corrected chi connectivity index (χ3v) is 8.40. The fourth-order valence-electron chi connectivity index (χ4n) is 6.93. The lowest BCUT2D eigenvalue weighted by Crippen LogP contribution is -2.32. The molecule has 0 saturated carbocycles. The van der Waals surface area contributed by atoms with Crippen molar-refractivity contribution in [2.24, 2.45) is 23.3 Å². The summed E-state index contributed by atoms with van der Waals surface area (Å²) >= 11 is 0. The molecule has 1 aromatic heterocycles. The van der Waals surface area contributed by atoms with E-state index in [4.69, 9.17) is 6.11 Å². The monoisotopic (exact) mass is 560 g/mol. The molecular weight excluding hydrogens is 510 g/mol. The maximum absolute atomic E-state index is 9.18. The second kappa shape index (κ2) is 9.56. The van der Waals surface area contributed by atoms with Gasteiger partial charge in [-0.05, 0) is 86.7 Å². The van der Waals surface area contributed by atoms with Gasteiger partial charge in [-0.1, -0.05) is 98.7 Å². The number of ether oxygens (including phenoxy) is 1. The summed E-state index contributed by atoms with van der Waals surface area (Å²) in [5.41, 5.74) is 7.42. The van der Waals surface area contributed by atoms with Gasteiger partial charge in [-0.2, -0.15) is 0 Å². The molecule has 0 N–H and O–H groups in total. The fraction of sp³-hybridized carbons (Fsp3) is 0.425. The Bertz CT molecular complexity index is 2000. The van der Waals surface area contributed by atoms with Gasteiger partial charge in [0.1, 0.15) is 19.9 Å². The van der Waals surface area contributed by atoms with Crippen molar-refractivity contribution < 1.29 is 12.0 Å². The Morgan fingerprint density at radius 1 is 0.714 bits per heavy atom. The van der Waals surface area contributed by atoms with Crippen molar-refractivity contribution in [1.82, 2.24) is 0 Å². The smallest absolute Gasteiger partial charge is 0.228 e. The number of aryl methyl sites for hydroxylation is 1. The van der Waals surface area contributed by atoms with Crippen molar-refractivity contribution >= 4 is 32.3 Å². The van der Waals surface area contributed by atoms with Crippen LogP contribution < -0.4 is 9.30 Å². The van der Waals surface area contributed by atoms with Gasteiger partial charge in [0, 0.05) is 17.0 Å². The van der Waals surface area contributed by atoms with Crippen LogP contribution in [-0.4, -0.2) is 0 Å². The molecule has 1 aliphatic rings. The predicted octanol–water partition coefficient (Wildman–Crippen LogP) is 10.8. The van der Waals surface area contributed by atoms with Crippen molar-refractivity contribution in [3.05, 3.63) is 76.9 Å². The van der Waals surface area contributed by atoms with E-state index in [0.717, 1.165) is 63.6 Å². The molecule has 2 heterocycles. The molecule has 0 spiro atoms. The highest BCUT2D eigenvalue weighted by Crippen LogP contribution is 2.53. The molecule has 6 rings (SSSR count). The van der Waals surface area contributed by atoms with E-state index in [1.165, 1.54) is 33.0 Å². The van der Waals surface area contributed by atoms with Gasteiger partial charge < -0.3 is 4.74 Å². The number of hydrogen-bond acceptors (Lipinski definition) is 1. The molecule has 0 atom stereocenters.